The van der Waals surface area contributed by atoms with Gasteiger partial charge in [-0.25, -0.2) is 4.68 Å². The molecule has 6 nitrogen and oxygen atoms in total. The monoisotopic (exact) mass is 262 g/mol. The summed E-state index contributed by atoms with van der Waals surface area (Å²) in [7, 11) is 1.28. The second-order valence-electron chi connectivity index (χ2n) is 4.79. The van der Waals surface area contributed by atoms with E-state index in [1.165, 1.54) is 7.11 Å². The molecular weight excluding hydrogens is 248 g/mol. The molecule has 100 valence electrons. The zero-order valence-electron chi connectivity index (χ0n) is 10.8. The van der Waals surface area contributed by atoms with Crippen molar-refractivity contribution in [3.8, 4) is 0 Å². The lowest BCUT2D eigenvalue weighted by Crippen LogP contribution is -2.27. The van der Waals surface area contributed by atoms with Crippen LogP contribution in [0.5, 0.6) is 0 Å². The summed E-state index contributed by atoms with van der Waals surface area (Å²) in [5, 5.41) is 4.58. The average molecular weight is 262 g/mol. The molecule has 0 saturated heterocycles. The molecule has 0 aliphatic heterocycles. The van der Waals surface area contributed by atoms with E-state index in [1.807, 2.05) is 0 Å². The molecule has 19 heavy (non-hydrogen) atoms. The van der Waals surface area contributed by atoms with Crippen LogP contribution in [0.25, 0.3) is 11.0 Å². The predicted octanol–water partition coefficient (Wildman–Crippen LogP) is 1.35. The number of carbonyl (C=O) groups is 1. The number of hydrogen-bond acceptors (Lipinski definition) is 5. The van der Waals surface area contributed by atoms with Crippen molar-refractivity contribution in [3.63, 3.8) is 0 Å². The lowest BCUT2D eigenvalue weighted by molar-refractivity contribution is -0.141. The van der Waals surface area contributed by atoms with E-state index in [9.17, 15) is 9.59 Å². The maximum Gasteiger partial charge on any atom is 0.327 e. The Bertz CT molecular complexity index is 709. The van der Waals surface area contributed by atoms with E-state index in [1.54, 1.807) is 13.0 Å². The van der Waals surface area contributed by atoms with Gasteiger partial charge in [0.05, 0.1) is 12.5 Å². The highest BCUT2D eigenvalue weighted by Crippen LogP contribution is 2.41. The molecule has 3 rings (SSSR count). The van der Waals surface area contributed by atoms with Crippen molar-refractivity contribution in [3.05, 3.63) is 27.9 Å². The third kappa shape index (κ3) is 2.03. The van der Waals surface area contributed by atoms with E-state index < -0.39 is 5.97 Å². The van der Waals surface area contributed by atoms with Crippen molar-refractivity contribution in [2.45, 2.75) is 32.2 Å². The topological polar surface area (TPSA) is 74.3 Å². The molecule has 2 aromatic rings. The number of fused-ring (bicyclic) bond motifs is 1. The summed E-state index contributed by atoms with van der Waals surface area (Å²) < 4.78 is 11.4. The van der Waals surface area contributed by atoms with Gasteiger partial charge in [0.25, 0.3) is 5.56 Å². The van der Waals surface area contributed by atoms with E-state index in [-0.39, 0.29) is 12.1 Å². The molecule has 1 aliphatic carbocycles. The summed E-state index contributed by atoms with van der Waals surface area (Å²) in [4.78, 5) is 23.5. The molecule has 0 N–H and O–H groups in total. The minimum absolute atomic E-state index is 0.184. The van der Waals surface area contributed by atoms with Gasteiger partial charge in [-0.15, -0.1) is 0 Å². The largest absolute Gasteiger partial charge is 0.468 e. The van der Waals surface area contributed by atoms with Gasteiger partial charge in [0, 0.05) is 5.92 Å². The standard InChI is InChI=1S/C13H14N2O4/c1-7-12-9(5-10(19-12)8-3-4-8)13(17)15(14-7)6-11(16)18-2/h5,8H,3-4,6H2,1-2H3. The lowest BCUT2D eigenvalue weighted by atomic mass is 10.2. The molecule has 0 atom stereocenters. The molecular formula is C13H14N2O4. The molecule has 1 saturated carbocycles. The fourth-order valence-electron chi connectivity index (χ4n) is 2.11. The van der Waals surface area contributed by atoms with Crippen molar-refractivity contribution in [1.29, 1.82) is 0 Å². The van der Waals surface area contributed by atoms with Crippen LogP contribution < -0.4 is 5.56 Å². The SMILES string of the molecule is COC(=O)Cn1nc(C)c2oc(C3CC3)cc2c1=O. The van der Waals surface area contributed by atoms with Crippen molar-refractivity contribution in [1.82, 2.24) is 9.78 Å². The Kier molecular flexibility index (Phi) is 2.66. The van der Waals surface area contributed by atoms with Crippen LogP contribution in [0.4, 0.5) is 0 Å². The zero-order valence-corrected chi connectivity index (χ0v) is 10.8. The molecule has 0 unspecified atom stereocenters. The fourth-order valence-corrected chi connectivity index (χ4v) is 2.11. The Morgan fingerprint density at radius 2 is 2.32 bits per heavy atom. The molecule has 0 radical (unpaired) electrons. The number of ether oxygens (including phenoxy) is 1. The van der Waals surface area contributed by atoms with Crippen LogP contribution in [-0.2, 0) is 16.1 Å². The highest BCUT2D eigenvalue weighted by Gasteiger charge is 2.28. The first-order chi connectivity index (χ1) is 9.10. The van der Waals surface area contributed by atoms with Gasteiger partial charge < -0.3 is 9.15 Å². The minimum Gasteiger partial charge on any atom is -0.468 e. The van der Waals surface area contributed by atoms with Gasteiger partial charge in [0.15, 0.2) is 5.58 Å². The van der Waals surface area contributed by atoms with Crippen LogP contribution >= 0.6 is 0 Å². The van der Waals surface area contributed by atoms with Gasteiger partial charge in [0.2, 0.25) is 0 Å². The number of furan rings is 1. The fraction of sp³-hybridized carbons (Fsp3) is 0.462. The van der Waals surface area contributed by atoms with Crippen LogP contribution in [0.3, 0.4) is 0 Å². The maximum absolute atomic E-state index is 12.2. The van der Waals surface area contributed by atoms with Crippen LogP contribution in [0.1, 0.15) is 30.2 Å². The summed E-state index contributed by atoms with van der Waals surface area (Å²) in [6.07, 6.45) is 2.20. The van der Waals surface area contributed by atoms with Crippen LogP contribution in [0.2, 0.25) is 0 Å². The summed E-state index contributed by atoms with van der Waals surface area (Å²) in [6.45, 7) is 1.58. The Balaban J connectivity index is 2.12. The van der Waals surface area contributed by atoms with E-state index in [4.69, 9.17) is 4.42 Å². The van der Waals surface area contributed by atoms with Gasteiger partial charge >= 0.3 is 5.97 Å². The van der Waals surface area contributed by atoms with Crippen LogP contribution in [0.15, 0.2) is 15.3 Å². The van der Waals surface area contributed by atoms with Crippen molar-refractivity contribution in [2.24, 2.45) is 0 Å². The molecule has 1 fully saturated rings. The first-order valence-corrected chi connectivity index (χ1v) is 6.18. The summed E-state index contributed by atoms with van der Waals surface area (Å²) in [6, 6.07) is 1.78. The summed E-state index contributed by atoms with van der Waals surface area (Å²) in [5.74, 6) is 0.771. The smallest absolute Gasteiger partial charge is 0.327 e. The van der Waals surface area contributed by atoms with Gasteiger partial charge in [0.1, 0.15) is 18.0 Å². The predicted molar refractivity (Wildman–Crippen MR) is 67.0 cm³/mol. The van der Waals surface area contributed by atoms with Crippen molar-refractivity contribution in [2.75, 3.05) is 7.11 Å². The second-order valence-corrected chi connectivity index (χ2v) is 4.79. The number of methoxy groups -OCH3 is 1. The zero-order chi connectivity index (χ0) is 13.6. The molecule has 0 aromatic carbocycles. The van der Waals surface area contributed by atoms with E-state index >= 15 is 0 Å². The third-order valence-electron chi connectivity index (χ3n) is 3.30. The Morgan fingerprint density at radius 1 is 1.58 bits per heavy atom. The average Bonchev–Trinajstić information content (AvgIpc) is 3.14. The van der Waals surface area contributed by atoms with Gasteiger partial charge in [-0.2, -0.15) is 5.10 Å². The first kappa shape index (κ1) is 12.0. The number of carbonyl (C=O) groups excluding carboxylic acids is 1. The normalized spacial score (nSPS) is 14.8. The lowest BCUT2D eigenvalue weighted by Gasteiger charge is -2.04. The molecule has 1 aliphatic rings. The second kappa shape index (κ2) is 4.22. The highest BCUT2D eigenvalue weighted by atomic mass is 16.5. The number of aromatic nitrogens is 2. The molecule has 0 amide bonds. The molecule has 0 spiro atoms. The highest BCUT2D eigenvalue weighted by molar-refractivity contribution is 5.79. The van der Waals surface area contributed by atoms with E-state index in [0.29, 0.717) is 22.6 Å². The minimum atomic E-state index is -0.501. The first-order valence-electron chi connectivity index (χ1n) is 6.18. The maximum atomic E-state index is 12.2. The van der Waals surface area contributed by atoms with E-state index in [2.05, 4.69) is 9.84 Å². The molecule has 2 heterocycles. The quantitative estimate of drug-likeness (QED) is 0.780. The number of hydrogen-bond donors (Lipinski definition) is 0. The number of nitrogens with zero attached hydrogens (tertiary/aromatic N) is 2. The summed E-state index contributed by atoms with van der Waals surface area (Å²) in [5.41, 5.74) is 0.806. The van der Waals surface area contributed by atoms with E-state index in [0.717, 1.165) is 23.3 Å². The molecule has 2 aromatic heterocycles. The van der Waals surface area contributed by atoms with Crippen molar-refractivity contribution >= 4 is 16.9 Å². The van der Waals surface area contributed by atoms with Gasteiger partial charge in [-0.3, -0.25) is 9.59 Å². The summed E-state index contributed by atoms with van der Waals surface area (Å²) >= 11 is 0. The Labute approximate surface area is 109 Å². The Hall–Kier alpha value is -2.11. The number of rotatable bonds is 3. The van der Waals surface area contributed by atoms with Crippen LogP contribution in [-0.4, -0.2) is 22.9 Å². The Morgan fingerprint density at radius 3 is 2.95 bits per heavy atom. The number of esters is 1. The van der Waals surface area contributed by atoms with Crippen molar-refractivity contribution < 1.29 is 13.9 Å². The third-order valence-corrected chi connectivity index (χ3v) is 3.30. The molecule has 6 heteroatoms. The molecule has 0 bridgehead atoms. The van der Waals surface area contributed by atoms with Gasteiger partial charge in [-0.05, 0) is 25.8 Å². The van der Waals surface area contributed by atoms with Gasteiger partial charge in [-0.1, -0.05) is 0 Å². The number of aryl methyl sites for hydroxylation is 1. The van der Waals surface area contributed by atoms with Crippen LogP contribution in [0, 0.1) is 6.92 Å².